The monoisotopic (exact) mass is 284 g/mol. The minimum Gasteiger partial charge on any atom is -0.468 e. The molecule has 0 saturated heterocycles. The van der Waals surface area contributed by atoms with Crippen LogP contribution >= 0.6 is 0 Å². The van der Waals surface area contributed by atoms with Crippen molar-refractivity contribution >= 4 is 5.97 Å². The second-order valence-electron chi connectivity index (χ2n) is 6.07. The molecule has 0 bridgehead atoms. The molecule has 4 nitrogen and oxygen atoms in total. The highest BCUT2D eigenvalue weighted by Crippen LogP contribution is 2.35. The molecule has 20 heavy (non-hydrogen) atoms. The third kappa shape index (κ3) is 3.73. The van der Waals surface area contributed by atoms with Crippen LogP contribution in [0.3, 0.4) is 0 Å². The van der Waals surface area contributed by atoms with Crippen molar-refractivity contribution in [1.29, 1.82) is 0 Å². The van der Waals surface area contributed by atoms with Gasteiger partial charge in [0.05, 0.1) is 7.11 Å². The first-order valence-electron chi connectivity index (χ1n) is 8.07. The van der Waals surface area contributed by atoms with Gasteiger partial charge in [0.1, 0.15) is 5.54 Å². The Morgan fingerprint density at radius 1 is 1.50 bits per heavy atom. The van der Waals surface area contributed by atoms with E-state index < -0.39 is 5.54 Å². The number of carbonyl (C=O) groups is 1. The van der Waals surface area contributed by atoms with Crippen LogP contribution in [0.25, 0.3) is 0 Å². The molecule has 4 heteroatoms. The van der Waals surface area contributed by atoms with E-state index in [2.05, 4.69) is 31.0 Å². The SMILES string of the molecule is CCCCN(C(C)CC)C1CCC(NC)(C(=O)OC)C1. The van der Waals surface area contributed by atoms with Crippen molar-refractivity contribution in [2.24, 2.45) is 0 Å². The van der Waals surface area contributed by atoms with Gasteiger partial charge in [0.15, 0.2) is 0 Å². The Labute approximate surface area is 124 Å². The van der Waals surface area contributed by atoms with E-state index in [0.717, 1.165) is 32.2 Å². The largest absolute Gasteiger partial charge is 0.468 e. The van der Waals surface area contributed by atoms with E-state index in [4.69, 9.17) is 4.74 Å². The van der Waals surface area contributed by atoms with E-state index in [1.54, 1.807) is 0 Å². The van der Waals surface area contributed by atoms with Gasteiger partial charge < -0.3 is 10.1 Å². The summed E-state index contributed by atoms with van der Waals surface area (Å²) in [6.07, 6.45) is 6.42. The molecule has 1 aliphatic carbocycles. The van der Waals surface area contributed by atoms with Crippen LogP contribution in [-0.4, -0.2) is 49.2 Å². The van der Waals surface area contributed by atoms with Crippen molar-refractivity contribution in [2.75, 3.05) is 20.7 Å². The smallest absolute Gasteiger partial charge is 0.326 e. The van der Waals surface area contributed by atoms with Gasteiger partial charge in [0.2, 0.25) is 0 Å². The average molecular weight is 284 g/mol. The van der Waals surface area contributed by atoms with Crippen molar-refractivity contribution in [3.05, 3.63) is 0 Å². The number of nitrogens with zero attached hydrogens (tertiary/aromatic N) is 1. The standard InChI is InChI=1S/C16H32N2O2/c1-6-8-11-18(13(3)7-2)14-9-10-16(12-14,17-4)15(19)20-5/h13-14,17H,6-12H2,1-5H3. The number of hydrogen-bond donors (Lipinski definition) is 1. The molecule has 3 atom stereocenters. The van der Waals surface area contributed by atoms with Crippen molar-refractivity contribution in [3.63, 3.8) is 0 Å². The van der Waals surface area contributed by atoms with Crippen molar-refractivity contribution in [3.8, 4) is 0 Å². The first kappa shape index (κ1) is 17.4. The van der Waals surface area contributed by atoms with Crippen LogP contribution in [0.1, 0.15) is 59.3 Å². The normalized spacial score (nSPS) is 27.8. The predicted molar refractivity (Wildman–Crippen MR) is 82.8 cm³/mol. The Kier molecular flexibility index (Phi) is 6.96. The lowest BCUT2D eigenvalue weighted by Crippen LogP contribution is -2.51. The molecule has 0 radical (unpaired) electrons. The third-order valence-corrected chi connectivity index (χ3v) is 4.94. The zero-order valence-corrected chi connectivity index (χ0v) is 13.9. The highest BCUT2D eigenvalue weighted by molar-refractivity contribution is 5.81. The molecule has 0 aliphatic heterocycles. The second kappa shape index (κ2) is 7.99. The lowest BCUT2D eigenvalue weighted by Gasteiger charge is -2.35. The predicted octanol–water partition coefficient (Wildman–Crippen LogP) is 2.57. The van der Waals surface area contributed by atoms with E-state index in [0.29, 0.717) is 12.1 Å². The highest BCUT2D eigenvalue weighted by atomic mass is 16.5. The van der Waals surface area contributed by atoms with Crippen LogP contribution in [0.4, 0.5) is 0 Å². The summed E-state index contributed by atoms with van der Waals surface area (Å²) in [5.74, 6) is -0.109. The highest BCUT2D eigenvalue weighted by Gasteiger charge is 2.47. The number of likely N-dealkylation sites (N-methyl/N-ethyl adjacent to an activating group) is 1. The average Bonchev–Trinajstić information content (AvgIpc) is 2.92. The van der Waals surface area contributed by atoms with Crippen LogP contribution in [0.5, 0.6) is 0 Å². The molecule has 0 spiro atoms. The van der Waals surface area contributed by atoms with Crippen molar-refractivity contribution in [1.82, 2.24) is 10.2 Å². The lowest BCUT2D eigenvalue weighted by atomic mass is 9.97. The van der Waals surface area contributed by atoms with Gasteiger partial charge in [-0.25, -0.2) is 0 Å². The van der Waals surface area contributed by atoms with Gasteiger partial charge >= 0.3 is 5.97 Å². The van der Waals surface area contributed by atoms with E-state index in [9.17, 15) is 4.79 Å². The van der Waals surface area contributed by atoms with E-state index >= 15 is 0 Å². The maximum Gasteiger partial charge on any atom is 0.326 e. The van der Waals surface area contributed by atoms with Crippen LogP contribution in [0, 0.1) is 0 Å². The van der Waals surface area contributed by atoms with Gasteiger partial charge in [-0.15, -0.1) is 0 Å². The van der Waals surface area contributed by atoms with Crippen molar-refractivity contribution in [2.45, 2.75) is 76.9 Å². The molecule has 0 aromatic carbocycles. The Bertz CT molecular complexity index is 309. The third-order valence-electron chi connectivity index (χ3n) is 4.94. The first-order valence-corrected chi connectivity index (χ1v) is 8.07. The Balaban J connectivity index is 2.77. The summed E-state index contributed by atoms with van der Waals surface area (Å²) in [6, 6.07) is 1.07. The second-order valence-corrected chi connectivity index (χ2v) is 6.07. The molecule has 1 N–H and O–H groups in total. The Hall–Kier alpha value is -0.610. The fourth-order valence-electron chi connectivity index (χ4n) is 3.35. The van der Waals surface area contributed by atoms with Gasteiger partial charge in [-0.2, -0.15) is 0 Å². The molecular weight excluding hydrogens is 252 g/mol. The minimum atomic E-state index is -0.475. The Morgan fingerprint density at radius 2 is 2.20 bits per heavy atom. The van der Waals surface area contributed by atoms with Gasteiger partial charge in [-0.1, -0.05) is 20.3 Å². The van der Waals surface area contributed by atoms with Crippen molar-refractivity contribution < 1.29 is 9.53 Å². The molecule has 1 rings (SSSR count). The number of esters is 1. The van der Waals surface area contributed by atoms with E-state index in [1.165, 1.54) is 20.0 Å². The fraction of sp³-hybridized carbons (Fsp3) is 0.938. The summed E-state index contributed by atoms with van der Waals surface area (Å²) in [5, 5.41) is 3.22. The Morgan fingerprint density at radius 3 is 2.70 bits per heavy atom. The van der Waals surface area contributed by atoms with Gasteiger partial charge in [-0.3, -0.25) is 9.69 Å². The summed E-state index contributed by atoms with van der Waals surface area (Å²) in [7, 11) is 3.36. The van der Waals surface area contributed by atoms with Crippen LogP contribution < -0.4 is 5.32 Å². The summed E-state index contributed by atoms with van der Waals surface area (Å²) in [6.45, 7) is 7.91. The first-order chi connectivity index (χ1) is 9.54. The van der Waals surface area contributed by atoms with Crippen LogP contribution in [0.2, 0.25) is 0 Å². The quantitative estimate of drug-likeness (QED) is 0.696. The lowest BCUT2D eigenvalue weighted by molar-refractivity contribution is -0.148. The maximum atomic E-state index is 12.1. The molecule has 0 aromatic rings. The molecular formula is C16H32N2O2. The number of unbranched alkanes of at least 4 members (excludes halogenated alkanes) is 1. The summed E-state index contributed by atoms with van der Waals surface area (Å²) < 4.78 is 5.00. The van der Waals surface area contributed by atoms with E-state index in [-0.39, 0.29) is 5.97 Å². The zero-order chi connectivity index (χ0) is 15.2. The molecule has 1 saturated carbocycles. The summed E-state index contributed by atoms with van der Waals surface area (Å²) in [4.78, 5) is 14.7. The fourth-order valence-corrected chi connectivity index (χ4v) is 3.35. The molecule has 3 unspecified atom stereocenters. The maximum absolute atomic E-state index is 12.1. The molecule has 118 valence electrons. The summed E-state index contributed by atoms with van der Waals surface area (Å²) in [5.41, 5.74) is -0.475. The number of rotatable bonds is 8. The van der Waals surface area contributed by atoms with Crippen LogP contribution in [-0.2, 0) is 9.53 Å². The topological polar surface area (TPSA) is 41.6 Å². The minimum absolute atomic E-state index is 0.109. The number of nitrogens with one attached hydrogen (secondary N) is 1. The number of ether oxygens (including phenoxy) is 1. The summed E-state index contributed by atoms with van der Waals surface area (Å²) >= 11 is 0. The molecule has 1 aliphatic rings. The zero-order valence-electron chi connectivity index (χ0n) is 13.9. The molecule has 0 amide bonds. The van der Waals surface area contributed by atoms with Crippen LogP contribution in [0.15, 0.2) is 0 Å². The van der Waals surface area contributed by atoms with E-state index in [1.807, 2.05) is 7.05 Å². The van der Waals surface area contributed by atoms with Gasteiger partial charge in [0.25, 0.3) is 0 Å². The molecule has 0 aromatic heterocycles. The van der Waals surface area contributed by atoms with Gasteiger partial charge in [-0.05, 0) is 52.6 Å². The molecule has 1 fully saturated rings. The number of hydrogen-bond acceptors (Lipinski definition) is 4. The number of carbonyl (C=O) groups excluding carboxylic acids is 1. The van der Waals surface area contributed by atoms with Gasteiger partial charge in [0, 0.05) is 12.1 Å². The number of methoxy groups -OCH3 is 1. The molecule has 0 heterocycles.